The molecule has 0 aromatic heterocycles. The zero-order valence-corrected chi connectivity index (χ0v) is 20.7. The van der Waals surface area contributed by atoms with Crippen molar-refractivity contribution in [2.75, 3.05) is 11.5 Å². The van der Waals surface area contributed by atoms with Crippen LogP contribution in [0.3, 0.4) is 0 Å². The van der Waals surface area contributed by atoms with Gasteiger partial charge in [-0.05, 0) is 85.7 Å². The third-order valence-electron chi connectivity index (χ3n) is 9.77. The van der Waals surface area contributed by atoms with Crippen LogP contribution in [0.15, 0.2) is 35.9 Å². The average molecular weight is 453 g/mol. The second kappa shape index (κ2) is 7.69. The van der Waals surface area contributed by atoms with E-state index in [0.717, 1.165) is 43.4 Å². The van der Waals surface area contributed by atoms with Gasteiger partial charge < -0.3 is 0 Å². The summed E-state index contributed by atoms with van der Waals surface area (Å²) in [4.78, 5) is 13.1. The van der Waals surface area contributed by atoms with Gasteiger partial charge >= 0.3 is 0 Å². The van der Waals surface area contributed by atoms with Crippen molar-refractivity contribution in [3.8, 4) is 0 Å². The van der Waals surface area contributed by atoms with Crippen LogP contribution in [-0.2, 0) is 11.2 Å². The lowest BCUT2D eigenvalue weighted by molar-refractivity contribution is -0.132. The molecule has 0 unspecified atom stereocenters. The lowest BCUT2D eigenvalue weighted by atomic mass is 9.48. The first-order valence-corrected chi connectivity index (χ1v) is 14.6. The molecule has 6 atom stereocenters. The molecule has 0 N–H and O–H groups in total. The summed E-state index contributed by atoms with van der Waals surface area (Å²) in [5, 5.41) is 0. The zero-order valence-electron chi connectivity index (χ0n) is 19.1. The number of benzene rings is 1. The highest BCUT2D eigenvalue weighted by Crippen LogP contribution is 2.66. The normalized spacial score (nSPS) is 40.9. The lowest BCUT2D eigenvalue weighted by Gasteiger charge is -2.56. The predicted molar refractivity (Wildman–Crippen MR) is 134 cm³/mol. The molecule has 1 nitrogen and oxygen atoms in total. The summed E-state index contributed by atoms with van der Waals surface area (Å²) in [6.07, 6.45) is 12.2. The van der Waals surface area contributed by atoms with E-state index in [1.807, 2.05) is 0 Å². The van der Waals surface area contributed by atoms with Gasteiger partial charge in [-0.15, -0.1) is 23.5 Å². The Morgan fingerprint density at radius 1 is 1.00 bits per heavy atom. The molecule has 1 saturated heterocycles. The summed E-state index contributed by atoms with van der Waals surface area (Å²) >= 11 is 4.42. The highest BCUT2D eigenvalue weighted by atomic mass is 32.2. The summed E-state index contributed by atoms with van der Waals surface area (Å²) < 4.78 is 0.392. The Bertz CT molecular complexity index is 896. The molecule has 1 aromatic rings. The molecular formula is C28H36OS2. The van der Waals surface area contributed by atoms with Crippen molar-refractivity contribution in [2.45, 2.75) is 75.2 Å². The monoisotopic (exact) mass is 452 g/mol. The molecule has 1 heterocycles. The van der Waals surface area contributed by atoms with E-state index in [0.29, 0.717) is 21.7 Å². The van der Waals surface area contributed by atoms with Gasteiger partial charge in [-0.3, -0.25) is 4.79 Å². The minimum absolute atomic E-state index is 0.0798. The Labute approximate surface area is 196 Å². The first kappa shape index (κ1) is 20.9. The molecule has 1 spiro atoms. The van der Waals surface area contributed by atoms with Crippen LogP contribution in [-0.4, -0.2) is 21.4 Å². The second-order valence-electron chi connectivity index (χ2n) is 11.0. The summed E-state index contributed by atoms with van der Waals surface area (Å²) in [6.45, 7) is 4.58. The van der Waals surface area contributed by atoms with Gasteiger partial charge in [0.15, 0.2) is 0 Å². The minimum atomic E-state index is -0.0798. The molecule has 3 saturated carbocycles. The van der Waals surface area contributed by atoms with Crippen molar-refractivity contribution in [3.05, 3.63) is 47.0 Å². The number of allylic oxidation sites excluding steroid dienone is 1. The number of fused-ring (bicyclic) bond motifs is 5. The minimum Gasteiger partial charge on any atom is -0.299 e. The molecule has 0 bridgehead atoms. The largest absolute Gasteiger partial charge is 0.299 e. The van der Waals surface area contributed by atoms with Crippen LogP contribution in [0.4, 0.5) is 0 Å². The fraction of sp³-hybridized carbons (Fsp3) is 0.679. The molecule has 166 valence electrons. The van der Waals surface area contributed by atoms with Crippen LogP contribution in [0.1, 0.15) is 75.8 Å². The number of rotatable bonds is 2. The van der Waals surface area contributed by atoms with Gasteiger partial charge in [-0.1, -0.05) is 49.8 Å². The van der Waals surface area contributed by atoms with Crippen molar-refractivity contribution in [1.82, 2.24) is 0 Å². The summed E-state index contributed by atoms with van der Waals surface area (Å²) in [6, 6.07) is 9.51. The number of carbonyl (C=O) groups is 1. The van der Waals surface area contributed by atoms with Crippen LogP contribution in [0.5, 0.6) is 0 Å². The van der Waals surface area contributed by atoms with Crippen molar-refractivity contribution in [1.29, 1.82) is 0 Å². The molecule has 1 aliphatic heterocycles. The van der Waals surface area contributed by atoms with Gasteiger partial charge in [0.2, 0.25) is 0 Å². The standard InChI is InChI=1S/C28H36OS2/c1-3-18-4-6-19(7-5-18)23-17-27(2)24(10-11-25(27)29)22-9-8-20-16-28(30-14-15-31-28)13-12-21(20)26(22)23/h4-7,16,21-24,26H,3,8-15,17H2,1-2H3/t21-,22-,23+,24-,26+,27-/m0/s1. The van der Waals surface area contributed by atoms with Crippen molar-refractivity contribution < 1.29 is 4.79 Å². The Morgan fingerprint density at radius 2 is 1.77 bits per heavy atom. The van der Waals surface area contributed by atoms with Gasteiger partial charge in [0.25, 0.3) is 0 Å². The zero-order chi connectivity index (χ0) is 21.2. The van der Waals surface area contributed by atoms with E-state index in [1.54, 1.807) is 5.57 Å². The maximum Gasteiger partial charge on any atom is 0.139 e. The van der Waals surface area contributed by atoms with Gasteiger partial charge in [0.1, 0.15) is 5.78 Å². The molecule has 4 fully saturated rings. The van der Waals surface area contributed by atoms with Gasteiger partial charge in [-0.2, -0.15) is 0 Å². The third kappa shape index (κ3) is 3.23. The van der Waals surface area contributed by atoms with E-state index in [4.69, 9.17) is 0 Å². The van der Waals surface area contributed by atoms with Crippen LogP contribution in [0.25, 0.3) is 0 Å². The maximum absolute atomic E-state index is 13.1. The van der Waals surface area contributed by atoms with Crippen molar-refractivity contribution >= 4 is 29.3 Å². The fourth-order valence-corrected chi connectivity index (χ4v) is 11.4. The average Bonchev–Trinajstić information content (AvgIpc) is 3.37. The van der Waals surface area contributed by atoms with Crippen LogP contribution in [0, 0.1) is 29.1 Å². The number of carbonyl (C=O) groups excluding carboxylic acids is 1. The predicted octanol–water partition coefficient (Wildman–Crippen LogP) is 7.26. The van der Waals surface area contributed by atoms with E-state index < -0.39 is 0 Å². The first-order chi connectivity index (χ1) is 15.0. The van der Waals surface area contributed by atoms with E-state index >= 15 is 0 Å². The SMILES string of the molecule is CCc1ccc([C@H]2C[C@]3(C)C(=O)CC[C@H]3[C@@H]3CCC4=CC5(CC[C@@H]4[C@H]32)SCCS5)cc1. The summed E-state index contributed by atoms with van der Waals surface area (Å²) in [5.41, 5.74) is 4.65. The molecule has 4 aliphatic carbocycles. The number of ketones is 1. The molecule has 0 amide bonds. The number of thioether (sulfide) groups is 2. The molecule has 1 aromatic carbocycles. The van der Waals surface area contributed by atoms with Crippen LogP contribution < -0.4 is 0 Å². The van der Waals surface area contributed by atoms with Gasteiger partial charge in [-0.25, -0.2) is 0 Å². The molecule has 31 heavy (non-hydrogen) atoms. The third-order valence-corrected chi connectivity index (χ3v) is 13.2. The molecule has 3 heteroatoms. The van der Waals surface area contributed by atoms with E-state index in [-0.39, 0.29) is 5.41 Å². The highest BCUT2D eigenvalue weighted by molar-refractivity contribution is 8.21. The van der Waals surface area contributed by atoms with Gasteiger partial charge in [0, 0.05) is 23.3 Å². The van der Waals surface area contributed by atoms with E-state index in [2.05, 4.69) is 67.7 Å². The second-order valence-corrected chi connectivity index (χ2v) is 14.2. The number of hydrogen-bond donors (Lipinski definition) is 0. The van der Waals surface area contributed by atoms with E-state index in [1.165, 1.54) is 48.3 Å². The van der Waals surface area contributed by atoms with Crippen molar-refractivity contribution in [2.24, 2.45) is 29.1 Å². The topological polar surface area (TPSA) is 17.1 Å². The smallest absolute Gasteiger partial charge is 0.139 e. The van der Waals surface area contributed by atoms with Crippen molar-refractivity contribution in [3.63, 3.8) is 0 Å². The van der Waals surface area contributed by atoms with Crippen LogP contribution >= 0.6 is 23.5 Å². The quantitative estimate of drug-likeness (QED) is 0.440. The van der Waals surface area contributed by atoms with Gasteiger partial charge in [0.05, 0.1) is 4.08 Å². The summed E-state index contributed by atoms with van der Waals surface area (Å²) in [7, 11) is 0. The number of hydrogen-bond acceptors (Lipinski definition) is 3. The molecular weight excluding hydrogens is 416 g/mol. The number of aryl methyl sites for hydroxylation is 1. The Balaban J connectivity index is 1.40. The molecule has 0 radical (unpaired) electrons. The Kier molecular flexibility index (Phi) is 5.18. The Morgan fingerprint density at radius 3 is 2.52 bits per heavy atom. The lowest BCUT2D eigenvalue weighted by Crippen LogP contribution is -2.50. The highest BCUT2D eigenvalue weighted by Gasteiger charge is 2.60. The fourth-order valence-electron chi connectivity index (χ4n) is 8.25. The Hall–Kier alpha value is -0.670. The molecule has 5 aliphatic rings. The maximum atomic E-state index is 13.1. The van der Waals surface area contributed by atoms with Crippen LogP contribution in [0.2, 0.25) is 0 Å². The molecule has 6 rings (SSSR count). The first-order valence-electron chi connectivity index (χ1n) is 12.6. The summed E-state index contributed by atoms with van der Waals surface area (Å²) in [5.74, 6) is 6.61. The van der Waals surface area contributed by atoms with E-state index in [9.17, 15) is 4.79 Å². The number of Topliss-reactive ketones (excluding diaryl/α,β-unsaturated/α-hetero) is 1.